The molecule has 0 aliphatic heterocycles. The number of hydrogen-bond acceptors (Lipinski definition) is 14. The minimum absolute atomic E-state index is 0. The Kier molecular flexibility index (Phi) is 37.3. The van der Waals surface area contributed by atoms with Gasteiger partial charge in [0.25, 0.3) is 6.85 Å². The van der Waals surface area contributed by atoms with Gasteiger partial charge in [-0.3, -0.25) is 4.79 Å². The predicted molar refractivity (Wildman–Crippen MR) is 476 cm³/mol. The second-order valence-electron chi connectivity index (χ2n) is 29.0. The lowest BCUT2D eigenvalue weighted by Gasteiger charge is -2.28. The summed E-state index contributed by atoms with van der Waals surface area (Å²) < 4.78 is 32.6. The highest BCUT2D eigenvalue weighted by molar-refractivity contribution is 8.00. The smallest absolute Gasteiger partial charge is 0.401 e. The number of hydrogen-bond donors (Lipinski definition) is 4. The average Bonchev–Trinajstić information content (AvgIpc) is 0.803. The van der Waals surface area contributed by atoms with Crippen LogP contribution in [0.25, 0.3) is 0 Å². The molecule has 14 nitrogen and oxygen atoms in total. The molecule has 10 rings (SSSR count). The number of esters is 3. The van der Waals surface area contributed by atoms with Crippen LogP contribution in [0.5, 0.6) is 57.5 Å². The summed E-state index contributed by atoms with van der Waals surface area (Å²) in [7, 11) is -1.64. The van der Waals surface area contributed by atoms with E-state index in [1.807, 2.05) is 221 Å². The molecule has 0 aliphatic carbocycles. The molecule has 10 aromatic rings. The number of aryl methyl sites for hydroxylation is 10. The molecule has 0 bridgehead atoms. The number of halogens is 4. The highest BCUT2D eigenvalue weighted by Gasteiger charge is 2.29. The molecular weight excluding hydrogens is 1570 g/mol. The number of carbonyl (C=O) groups is 4. The fourth-order valence-electron chi connectivity index (χ4n) is 11.5. The van der Waals surface area contributed by atoms with Gasteiger partial charge in [0.1, 0.15) is 57.5 Å². The Hall–Kier alpha value is -10.1. The van der Waals surface area contributed by atoms with Crippen molar-refractivity contribution in [2.75, 3.05) is 0 Å². The van der Waals surface area contributed by atoms with E-state index < -0.39 is 37.7 Å². The van der Waals surface area contributed by atoms with Crippen LogP contribution in [0, 0.1) is 69.2 Å². The van der Waals surface area contributed by atoms with Crippen molar-refractivity contribution in [3.8, 4) is 57.5 Å². The van der Waals surface area contributed by atoms with Crippen molar-refractivity contribution in [2.45, 2.75) is 154 Å². The van der Waals surface area contributed by atoms with E-state index in [9.17, 15) is 39.6 Å². The van der Waals surface area contributed by atoms with E-state index in [1.165, 1.54) is 0 Å². The molecule has 1 atom stereocenters. The Labute approximate surface area is 701 Å². The maximum atomic E-state index is 11.5. The molecule has 0 heterocycles. The fraction of sp³-hybridized carbons (Fsp3) is 0.242. The first kappa shape index (κ1) is 97.2. The average molecular weight is 1680 g/mol. The molecule has 20 heteroatoms. The van der Waals surface area contributed by atoms with E-state index in [2.05, 4.69) is 87.8 Å². The van der Waals surface area contributed by atoms with Crippen LogP contribution in [-0.2, 0) is 40.8 Å². The lowest BCUT2D eigenvalue weighted by Crippen LogP contribution is -2.19. The Morgan fingerprint density at radius 3 is 0.704 bits per heavy atom. The molecule has 0 aromatic heterocycles. The third-order valence-electron chi connectivity index (χ3n) is 19.2. The summed E-state index contributed by atoms with van der Waals surface area (Å²) in [6, 6.07) is 61.5. The van der Waals surface area contributed by atoms with Crippen LogP contribution >= 0.6 is 59.9 Å². The lowest BCUT2D eigenvalue weighted by atomic mass is 9.77. The van der Waals surface area contributed by atoms with Gasteiger partial charge in [0.15, 0.2) is 0 Å². The zero-order valence-electron chi connectivity index (χ0n) is 67.9. The molecule has 0 saturated carbocycles. The summed E-state index contributed by atoms with van der Waals surface area (Å²) in [6.45, 7) is 48.3. The number of ether oxygens (including phenoxy) is 3. The van der Waals surface area contributed by atoms with Crippen molar-refractivity contribution >= 4 is 83.1 Å². The van der Waals surface area contributed by atoms with Gasteiger partial charge >= 0.3 is 25.6 Å². The van der Waals surface area contributed by atoms with Gasteiger partial charge in [0.2, 0.25) is 5.24 Å². The molecule has 608 valence electrons. The molecule has 4 N–H and O–H groups in total. The minimum Gasteiger partial charge on any atom is -0.508 e. The number of allylic oxidation sites excluding steroid dienone is 1. The third-order valence-corrected chi connectivity index (χ3v) is 21.2. The van der Waals surface area contributed by atoms with Crippen molar-refractivity contribution in [2.24, 2.45) is 0 Å². The van der Waals surface area contributed by atoms with E-state index >= 15 is 0 Å². The number of carbonyl (C=O) groups excluding carboxylic acids is 4. The number of benzene rings is 10. The normalized spacial score (nSPS) is 11.1. The first-order valence-corrected chi connectivity index (χ1v) is 41.7. The van der Waals surface area contributed by atoms with Crippen molar-refractivity contribution in [3.63, 3.8) is 0 Å². The van der Waals surface area contributed by atoms with Gasteiger partial charge in [-0.25, -0.2) is 14.4 Å². The van der Waals surface area contributed by atoms with Gasteiger partial charge in [-0.1, -0.05) is 223 Å². The Morgan fingerprint density at radius 2 is 0.504 bits per heavy atom. The number of rotatable bonds is 21. The first-order chi connectivity index (χ1) is 53.4. The van der Waals surface area contributed by atoms with Crippen LogP contribution < -0.4 is 27.8 Å². The SMILES string of the molecule is C.C=CC(=O)Cl.C=CC(=O)Oc1ccc(C(C)(C)c2ccc(O)c(C)c2)cc1C.C=CC(=O)Oc1ccc(C(C)(C)c2ccc(O)c(C)c2)cc1C.C=CC(=O)Oc1ccc(C(C)(C)c2ccc(OP(Cl)Oc3ccccc3C)c(C)c2)cc1C.Cc1cc(C(C)(C)c2ccc(O)c(C)c2)ccc1O.Cc1ccccc1OP(Cl)Cl. The second-order valence-corrected chi connectivity index (χ2v) is 34.0. The molecule has 10 aromatic carbocycles. The molecule has 0 spiro atoms. The van der Waals surface area contributed by atoms with Crippen molar-refractivity contribution in [1.82, 2.24) is 0 Å². The molecular formula is C95H106Cl4O14P2. The molecule has 1 unspecified atom stereocenters. The zero-order valence-corrected chi connectivity index (χ0v) is 72.7. The van der Waals surface area contributed by atoms with Crippen molar-refractivity contribution < 1.29 is 67.4 Å². The maximum Gasteiger partial charge on any atom is 0.401 e. The van der Waals surface area contributed by atoms with E-state index in [1.54, 1.807) is 36.4 Å². The topological polar surface area (TPSA) is 205 Å². The van der Waals surface area contributed by atoms with Gasteiger partial charge in [0, 0.05) is 39.9 Å². The van der Waals surface area contributed by atoms with Crippen LogP contribution in [0.2, 0.25) is 0 Å². The summed E-state index contributed by atoms with van der Waals surface area (Å²) in [6.07, 6.45) is 4.50. The van der Waals surface area contributed by atoms with Crippen LogP contribution in [0.4, 0.5) is 0 Å². The van der Waals surface area contributed by atoms with Gasteiger partial charge in [-0.05, 0) is 281 Å². The number of phenols is 4. The summed E-state index contributed by atoms with van der Waals surface area (Å²) >= 11 is 22.1. The quantitative estimate of drug-likeness (QED) is 0.0174. The number of para-hydroxylation sites is 2. The van der Waals surface area contributed by atoms with E-state index in [-0.39, 0.29) is 29.1 Å². The lowest BCUT2D eigenvalue weighted by molar-refractivity contribution is -0.129. The van der Waals surface area contributed by atoms with Gasteiger partial charge in [0.05, 0.1) is 0 Å². The van der Waals surface area contributed by atoms with E-state index in [0.717, 1.165) is 130 Å². The van der Waals surface area contributed by atoms with Gasteiger partial charge < -0.3 is 48.2 Å². The summed E-state index contributed by atoms with van der Waals surface area (Å²) in [5, 5.41) is 38.2. The van der Waals surface area contributed by atoms with E-state index in [4.69, 9.17) is 73.1 Å². The number of aromatic hydroxyl groups is 4. The molecule has 0 saturated heterocycles. The molecule has 0 amide bonds. The highest BCUT2D eigenvalue weighted by Crippen LogP contribution is 2.49. The monoisotopic (exact) mass is 1670 g/mol. The predicted octanol–water partition coefficient (Wildman–Crippen LogP) is 26.5. The van der Waals surface area contributed by atoms with Crippen LogP contribution in [-0.4, -0.2) is 43.6 Å². The molecule has 0 radical (unpaired) electrons. The van der Waals surface area contributed by atoms with Crippen LogP contribution in [0.3, 0.4) is 0 Å². The highest BCUT2D eigenvalue weighted by atomic mass is 35.9. The largest absolute Gasteiger partial charge is 0.508 e. The summed E-state index contributed by atoms with van der Waals surface area (Å²) in [4.78, 5) is 43.7. The molecule has 115 heavy (non-hydrogen) atoms. The van der Waals surface area contributed by atoms with Crippen molar-refractivity contribution in [1.29, 1.82) is 0 Å². The third kappa shape index (κ3) is 28.1. The Balaban J connectivity index is 0.000000307. The standard InChI is InChI=1S/C27H28ClO4P.2C20H22O3.C17H20O2.C7H7Cl2OP.C3H3ClO.CH4/c1-7-26(29)30-23-14-12-21(16-19(23)3)27(5,6)22-13-15-25(20(4)17-22)32-33(28)31-24-11-9-8-10-18(24)2;2*1-6-19(22)23-18-10-8-16(12-14(18)3)20(4,5)15-7-9-17(21)13(2)11-15;1-11-9-13(5-7-15(11)18)17(3,4)14-6-8-16(19)12(2)10-14;1-6-4-2-3-5-7(6)10-11(8)9;1-2-3(4)5;/h7-17H,1H2,2-6H3;2*6-12,21H,1H2,2-5H3;5-10,18-19H,1-4H3;2-5H,1H3;2H,1H2;1H4. The van der Waals surface area contributed by atoms with E-state index in [0.29, 0.717) is 51.7 Å². The summed E-state index contributed by atoms with van der Waals surface area (Å²) in [5.74, 6) is 3.60. The molecule has 0 fully saturated rings. The summed E-state index contributed by atoms with van der Waals surface area (Å²) in [5.41, 5.74) is 17.2. The second kappa shape index (κ2) is 44.1. The first-order valence-electron chi connectivity index (χ1n) is 36.1. The van der Waals surface area contributed by atoms with Crippen LogP contribution in [0.1, 0.15) is 163 Å². The zero-order chi connectivity index (χ0) is 85.3. The van der Waals surface area contributed by atoms with Gasteiger partial charge in [-0.15, -0.1) is 0 Å². The Morgan fingerprint density at radius 1 is 0.304 bits per heavy atom. The fourth-order valence-corrected chi connectivity index (χ4v) is 13.5. The van der Waals surface area contributed by atoms with Crippen molar-refractivity contribution in [3.05, 3.63) is 345 Å². The van der Waals surface area contributed by atoms with Crippen LogP contribution in [0.15, 0.2) is 245 Å². The minimum atomic E-state index is -1.64. The van der Waals surface area contributed by atoms with Gasteiger partial charge in [-0.2, -0.15) is 0 Å². The Bertz CT molecular complexity index is 4900. The maximum absolute atomic E-state index is 11.5. The molecule has 0 aliphatic rings. The number of phenolic OH excluding ortho intramolecular Hbond substituents is 4.